The Hall–Kier alpha value is -4.18. The van der Waals surface area contributed by atoms with Gasteiger partial charge in [-0.15, -0.1) is 0 Å². The van der Waals surface area contributed by atoms with Crippen molar-refractivity contribution in [3.8, 4) is 0 Å². The fraction of sp³-hybridized carbons (Fsp3) is 0.0667. The second kappa shape index (κ2) is 10.9. The molecule has 9 heteroatoms. The lowest BCUT2D eigenvalue weighted by Crippen LogP contribution is -2.23. The SMILES string of the molecule is COC(=O)c1ccccc1Sc1cccc2c1C(=O)c1cccc(Sc3ccccc3C(=O)N(C)O)c1C2=O. The molecule has 39 heavy (non-hydrogen) atoms. The van der Waals surface area contributed by atoms with Crippen LogP contribution < -0.4 is 0 Å². The van der Waals surface area contributed by atoms with Gasteiger partial charge in [0, 0.05) is 48.9 Å². The van der Waals surface area contributed by atoms with Gasteiger partial charge in [-0.05, 0) is 36.4 Å². The molecule has 1 aliphatic rings. The largest absolute Gasteiger partial charge is 0.465 e. The number of hydrogen-bond donors (Lipinski definition) is 1. The van der Waals surface area contributed by atoms with Gasteiger partial charge in [0.1, 0.15) is 0 Å². The van der Waals surface area contributed by atoms with Crippen LogP contribution in [0.25, 0.3) is 0 Å². The van der Waals surface area contributed by atoms with Crippen molar-refractivity contribution in [2.24, 2.45) is 0 Å². The van der Waals surface area contributed by atoms with Gasteiger partial charge in [0.25, 0.3) is 5.91 Å². The first-order valence-electron chi connectivity index (χ1n) is 11.8. The molecule has 4 aromatic rings. The van der Waals surface area contributed by atoms with E-state index in [2.05, 4.69) is 0 Å². The number of methoxy groups -OCH3 is 1. The third-order valence-corrected chi connectivity index (χ3v) is 8.41. The monoisotopic (exact) mass is 555 g/mol. The highest BCUT2D eigenvalue weighted by Gasteiger charge is 2.34. The number of ether oxygens (including phenoxy) is 1. The standard InChI is InChI=1S/C30H21NO6S2/c1-31(36)29(34)17-9-3-5-13-21(17)38-23-15-7-11-19-25(23)27(32)20-12-8-16-24(26(20)28(19)33)39-22-14-6-4-10-18(22)30(35)37-2/h3-16,36H,1-2H3. The van der Waals surface area contributed by atoms with Crippen LogP contribution in [-0.4, -0.2) is 47.9 Å². The van der Waals surface area contributed by atoms with Gasteiger partial charge in [-0.3, -0.25) is 19.6 Å². The van der Waals surface area contributed by atoms with E-state index in [0.29, 0.717) is 30.2 Å². The maximum atomic E-state index is 13.9. The first-order valence-corrected chi connectivity index (χ1v) is 13.4. The Morgan fingerprint density at radius 3 is 1.59 bits per heavy atom. The molecule has 4 aromatic carbocycles. The van der Waals surface area contributed by atoms with E-state index in [1.54, 1.807) is 84.9 Å². The molecule has 0 spiro atoms. The van der Waals surface area contributed by atoms with E-state index >= 15 is 0 Å². The normalized spacial score (nSPS) is 12.0. The van der Waals surface area contributed by atoms with E-state index in [-0.39, 0.29) is 39.4 Å². The zero-order valence-electron chi connectivity index (χ0n) is 20.8. The highest BCUT2D eigenvalue weighted by Crippen LogP contribution is 2.42. The highest BCUT2D eigenvalue weighted by molar-refractivity contribution is 7.99. The van der Waals surface area contributed by atoms with Gasteiger partial charge in [0.15, 0.2) is 11.6 Å². The number of hydroxylamine groups is 2. The molecule has 5 rings (SSSR count). The molecule has 0 saturated carbocycles. The summed E-state index contributed by atoms with van der Waals surface area (Å²) in [5.74, 6) is -1.71. The molecule has 0 fully saturated rings. The van der Waals surface area contributed by atoms with Crippen molar-refractivity contribution < 1.29 is 29.1 Å². The lowest BCUT2D eigenvalue weighted by atomic mass is 9.84. The molecular formula is C30H21NO6S2. The van der Waals surface area contributed by atoms with Crippen LogP contribution >= 0.6 is 23.5 Å². The number of rotatable bonds is 6. The molecular weight excluding hydrogens is 534 g/mol. The van der Waals surface area contributed by atoms with Gasteiger partial charge < -0.3 is 4.74 Å². The maximum Gasteiger partial charge on any atom is 0.339 e. The van der Waals surface area contributed by atoms with E-state index in [1.807, 2.05) is 0 Å². The van der Waals surface area contributed by atoms with Crippen LogP contribution in [-0.2, 0) is 4.74 Å². The third kappa shape index (κ3) is 4.87. The van der Waals surface area contributed by atoms with Crippen LogP contribution in [0.4, 0.5) is 0 Å². The number of nitrogens with zero attached hydrogens (tertiary/aromatic N) is 1. The summed E-state index contributed by atoms with van der Waals surface area (Å²) in [6, 6.07) is 23.8. The number of hydrogen-bond acceptors (Lipinski definition) is 8. The smallest absolute Gasteiger partial charge is 0.339 e. The minimum Gasteiger partial charge on any atom is -0.465 e. The van der Waals surface area contributed by atoms with Crippen LogP contribution in [0.1, 0.15) is 52.6 Å². The Balaban J connectivity index is 1.57. The van der Waals surface area contributed by atoms with Crippen molar-refractivity contribution in [3.63, 3.8) is 0 Å². The van der Waals surface area contributed by atoms with Crippen LogP contribution in [0, 0.1) is 0 Å². The van der Waals surface area contributed by atoms with Crippen LogP contribution in [0.3, 0.4) is 0 Å². The molecule has 0 unspecified atom stereocenters. The van der Waals surface area contributed by atoms with E-state index in [9.17, 15) is 24.4 Å². The zero-order valence-corrected chi connectivity index (χ0v) is 22.5. The quantitative estimate of drug-likeness (QED) is 0.154. The molecule has 0 saturated heterocycles. The summed E-state index contributed by atoms with van der Waals surface area (Å²) in [5, 5.41) is 10.2. The summed E-state index contributed by atoms with van der Waals surface area (Å²) in [6.07, 6.45) is 0. The number of ketones is 2. The van der Waals surface area contributed by atoms with Gasteiger partial charge >= 0.3 is 5.97 Å². The van der Waals surface area contributed by atoms with Crippen molar-refractivity contribution >= 4 is 47.0 Å². The molecule has 1 aliphatic carbocycles. The van der Waals surface area contributed by atoms with E-state index < -0.39 is 11.9 Å². The number of amides is 1. The molecule has 194 valence electrons. The van der Waals surface area contributed by atoms with Crippen molar-refractivity contribution in [2.75, 3.05) is 14.2 Å². The number of benzene rings is 4. The summed E-state index contributed by atoms with van der Waals surface area (Å²) < 4.78 is 4.90. The highest BCUT2D eigenvalue weighted by atomic mass is 32.2. The number of esters is 1. The van der Waals surface area contributed by atoms with Gasteiger partial charge in [0.2, 0.25) is 0 Å². The predicted octanol–water partition coefficient (Wildman–Crippen LogP) is 6.01. The molecule has 0 aromatic heterocycles. The minimum absolute atomic E-state index is 0.259. The maximum absolute atomic E-state index is 13.9. The van der Waals surface area contributed by atoms with Crippen LogP contribution in [0.15, 0.2) is 105 Å². The van der Waals surface area contributed by atoms with Crippen molar-refractivity contribution in [1.29, 1.82) is 0 Å². The Morgan fingerprint density at radius 1 is 0.667 bits per heavy atom. The lowest BCUT2D eigenvalue weighted by Gasteiger charge is -2.22. The molecule has 0 atom stereocenters. The zero-order chi connectivity index (χ0) is 27.7. The summed E-state index contributed by atoms with van der Waals surface area (Å²) in [4.78, 5) is 54.7. The Labute approximate surface area is 232 Å². The van der Waals surface area contributed by atoms with Crippen molar-refractivity contribution in [1.82, 2.24) is 5.06 Å². The minimum atomic E-state index is -0.593. The van der Waals surface area contributed by atoms with Gasteiger partial charge in [-0.2, -0.15) is 0 Å². The first-order chi connectivity index (χ1) is 18.8. The molecule has 1 amide bonds. The van der Waals surface area contributed by atoms with E-state index in [1.165, 1.54) is 37.7 Å². The fourth-order valence-electron chi connectivity index (χ4n) is 4.33. The molecule has 7 nitrogen and oxygen atoms in total. The fourth-order valence-corrected chi connectivity index (χ4v) is 6.52. The summed E-state index contributed by atoms with van der Waals surface area (Å²) in [6.45, 7) is 0. The third-order valence-electron chi connectivity index (χ3n) is 6.14. The second-order valence-electron chi connectivity index (χ2n) is 8.53. The first kappa shape index (κ1) is 26.4. The van der Waals surface area contributed by atoms with Gasteiger partial charge in [-0.25, -0.2) is 9.86 Å². The number of fused-ring (bicyclic) bond motifs is 2. The Bertz CT molecular complexity index is 1660. The Morgan fingerprint density at radius 2 is 1.10 bits per heavy atom. The molecule has 0 aliphatic heterocycles. The summed E-state index contributed by atoms with van der Waals surface area (Å²) >= 11 is 2.40. The summed E-state index contributed by atoms with van der Waals surface area (Å²) in [5.41, 5.74) is 1.69. The average Bonchev–Trinajstić information content (AvgIpc) is 2.95. The van der Waals surface area contributed by atoms with Crippen molar-refractivity contribution in [3.05, 3.63) is 118 Å². The molecule has 1 N–H and O–H groups in total. The van der Waals surface area contributed by atoms with Crippen molar-refractivity contribution in [2.45, 2.75) is 19.6 Å². The van der Waals surface area contributed by atoms with Crippen LogP contribution in [0.5, 0.6) is 0 Å². The van der Waals surface area contributed by atoms with Gasteiger partial charge in [0.05, 0.1) is 18.2 Å². The van der Waals surface area contributed by atoms with E-state index in [4.69, 9.17) is 4.74 Å². The number of carbonyl (C=O) groups excluding carboxylic acids is 4. The average molecular weight is 556 g/mol. The topological polar surface area (TPSA) is 101 Å². The number of carbonyl (C=O) groups is 4. The summed E-state index contributed by atoms with van der Waals surface area (Å²) in [7, 11) is 2.55. The van der Waals surface area contributed by atoms with Crippen LogP contribution in [0.2, 0.25) is 0 Å². The molecule has 0 bridgehead atoms. The second-order valence-corrected chi connectivity index (χ2v) is 10.7. The Kier molecular flexibility index (Phi) is 7.38. The van der Waals surface area contributed by atoms with E-state index in [0.717, 1.165) is 0 Å². The van der Waals surface area contributed by atoms with Gasteiger partial charge in [-0.1, -0.05) is 72.1 Å². The molecule has 0 radical (unpaired) electrons. The lowest BCUT2D eigenvalue weighted by molar-refractivity contribution is -0.0377. The molecule has 0 heterocycles. The predicted molar refractivity (Wildman–Crippen MR) is 146 cm³/mol.